The van der Waals surface area contributed by atoms with E-state index < -0.39 is 0 Å². The number of aryl methyl sites for hydroxylation is 1. The molecule has 212 valence electrons. The molecule has 2 heterocycles. The molecule has 0 saturated heterocycles. The summed E-state index contributed by atoms with van der Waals surface area (Å²) in [7, 11) is 0. The van der Waals surface area contributed by atoms with E-state index in [1.165, 1.54) is 42.4 Å². The zero-order valence-electron chi connectivity index (χ0n) is 24.9. The first-order valence-electron chi connectivity index (χ1n) is 15.2. The zero-order valence-corrected chi connectivity index (χ0v) is 25.7. The zero-order chi connectivity index (χ0) is 29.3. The van der Waals surface area contributed by atoms with Crippen LogP contribution in [0.4, 0.5) is 0 Å². The van der Waals surface area contributed by atoms with Crippen LogP contribution in [0.3, 0.4) is 0 Å². The third-order valence-corrected chi connectivity index (χ3v) is 9.26. The van der Waals surface area contributed by atoms with Gasteiger partial charge in [0.15, 0.2) is 11.6 Å². The molecule has 5 aromatic carbocycles. The fourth-order valence-electron chi connectivity index (χ4n) is 6.10. The van der Waals surface area contributed by atoms with E-state index in [-0.39, 0.29) is 0 Å². The van der Waals surface area contributed by atoms with E-state index in [0.717, 1.165) is 47.7 Å². The predicted molar refractivity (Wildman–Crippen MR) is 183 cm³/mol. The van der Waals surface area contributed by atoms with E-state index in [2.05, 4.69) is 121 Å². The molecule has 2 aromatic heterocycles. The number of benzene rings is 5. The molecule has 4 heteroatoms. The summed E-state index contributed by atoms with van der Waals surface area (Å²) in [5.41, 5.74) is 8.49. The molecule has 0 aliphatic heterocycles. The number of nitrogens with zero attached hydrogens (tertiary/aromatic N) is 3. The summed E-state index contributed by atoms with van der Waals surface area (Å²) in [4.78, 5) is 0. The maximum Gasteiger partial charge on any atom is 0.168 e. The summed E-state index contributed by atoms with van der Waals surface area (Å²) in [6.45, 7) is 6.86. The summed E-state index contributed by atoms with van der Waals surface area (Å²) in [5, 5.41) is 12.1. The van der Waals surface area contributed by atoms with Crippen LogP contribution >= 0.6 is 11.3 Å². The van der Waals surface area contributed by atoms with Gasteiger partial charge in [0.05, 0.1) is 0 Å². The Morgan fingerprint density at radius 1 is 0.651 bits per heavy atom. The quantitative estimate of drug-likeness (QED) is 0.180. The van der Waals surface area contributed by atoms with Crippen LogP contribution in [0.1, 0.15) is 38.3 Å². The van der Waals surface area contributed by atoms with Gasteiger partial charge in [-0.25, -0.2) is 0 Å². The van der Waals surface area contributed by atoms with Crippen LogP contribution in [-0.4, -0.2) is 14.8 Å². The van der Waals surface area contributed by atoms with Crippen molar-refractivity contribution in [1.82, 2.24) is 14.8 Å². The maximum atomic E-state index is 4.71. The summed E-state index contributed by atoms with van der Waals surface area (Å²) < 4.78 is 4.88. The topological polar surface area (TPSA) is 30.7 Å². The van der Waals surface area contributed by atoms with E-state index in [0.29, 0.717) is 5.92 Å². The third kappa shape index (κ3) is 5.28. The Hall–Kier alpha value is -4.54. The van der Waals surface area contributed by atoms with Gasteiger partial charge in [-0.2, -0.15) is 0 Å². The minimum atomic E-state index is 0.594. The lowest BCUT2D eigenvalue weighted by Gasteiger charge is -2.12. The van der Waals surface area contributed by atoms with Gasteiger partial charge in [0.2, 0.25) is 0 Å². The van der Waals surface area contributed by atoms with Gasteiger partial charge >= 0.3 is 0 Å². The average molecular weight is 578 g/mol. The maximum absolute atomic E-state index is 4.71. The van der Waals surface area contributed by atoms with Crippen molar-refractivity contribution < 1.29 is 0 Å². The largest absolute Gasteiger partial charge is 0.275 e. The van der Waals surface area contributed by atoms with Crippen molar-refractivity contribution in [2.45, 2.75) is 40.0 Å². The smallest absolute Gasteiger partial charge is 0.168 e. The number of hydrogen-bond donors (Lipinski definition) is 0. The Kier molecular flexibility index (Phi) is 7.38. The normalized spacial score (nSPS) is 11.6. The molecule has 0 amide bonds. The van der Waals surface area contributed by atoms with Gasteiger partial charge in [-0.3, -0.25) is 4.57 Å². The van der Waals surface area contributed by atoms with Gasteiger partial charge in [0.25, 0.3) is 0 Å². The monoisotopic (exact) mass is 577 g/mol. The summed E-state index contributed by atoms with van der Waals surface area (Å²) >= 11 is 1.91. The van der Waals surface area contributed by atoms with Crippen molar-refractivity contribution in [3.63, 3.8) is 0 Å². The molecule has 0 fully saturated rings. The molecular weight excluding hydrogens is 543 g/mol. The highest BCUT2D eigenvalue weighted by Crippen LogP contribution is 2.42. The van der Waals surface area contributed by atoms with Gasteiger partial charge in [-0.15, -0.1) is 21.5 Å². The van der Waals surface area contributed by atoms with Gasteiger partial charge in [0.1, 0.15) is 0 Å². The molecule has 0 N–H and O–H groups in total. The van der Waals surface area contributed by atoms with Crippen molar-refractivity contribution in [1.29, 1.82) is 0 Å². The standard InChI is InChI=1S/C39H35N3S/c1-4-11-27-16-21-36-34(23-27)35-25-28(22-26(2)3)24-33(37(35)43-36)29-17-19-31(20-18-29)39-41-40-38(30-12-7-5-8-13-30)42(39)32-14-9-6-10-15-32/h5-10,12-21,23-26H,4,11,22H2,1-3H3. The van der Waals surface area contributed by atoms with Crippen LogP contribution < -0.4 is 0 Å². The Balaban J connectivity index is 1.35. The lowest BCUT2D eigenvalue weighted by Crippen LogP contribution is -2.00. The first-order valence-corrected chi connectivity index (χ1v) is 16.1. The minimum Gasteiger partial charge on any atom is -0.275 e. The van der Waals surface area contributed by atoms with Crippen molar-refractivity contribution in [3.05, 3.63) is 126 Å². The van der Waals surface area contributed by atoms with E-state index in [1.54, 1.807) is 0 Å². The van der Waals surface area contributed by atoms with Gasteiger partial charge in [0, 0.05) is 37.0 Å². The number of aromatic nitrogens is 3. The van der Waals surface area contributed by atoms with Crippen molar-refractivity contribution in [3.8, 4) is 39.6 Å². The summed E-state index contributed by atoms with van der Waals surface area (Å²) in [5.74, 6) is 2.26. The van der Waals surface area contributed by atoms with Crippen molar-refractivity contribution in [2.75, 3.05) is 0 Å². The fourth-order valence-corrected chi connectivity index (χ4v) is 7.30. The molecule has 0 unspecified atom stereocenters. The molecule has 0 saturated carbocycles. The number of para-hydroxylation sites is 1. The molecule has 7 aromatic rings. The van der Waals surface area contributed by atoms with E-state index >= 15 is 0 Å². The SMILES string of the molecule is CCCc1ccc2sc3c(-c4ccc(-c5nnc(-c6ccccc6)n5-c5ccccc5)cc4)cc(CC(C)C)cc3c2c1. The average Bonchev–Trinajstić information content (AvgIpc) is 3.64. The number of thiophene rings is 1. The highest BCUT2D eigenvalue weighted by Gasteiger charge is 2.18. The molecular formula is C39H35N3S. The fraction of sp³-hybridized carbons (Fsp3) is 0.179. The Morgan fingerprint density at radius 3 is 1.95 bits per heavy atom. The molecule has 7 rings (SSSR count). The predicted octanol–water partition coefficient (Wildman–Crippen LogP) is 10.8. The first kappa shape index (κ1) is 27.3. The summed E-state index contributed by atoms with van der Waals surface area (Å²) in [6.07, 6.45) is 3.34. The van der Waals surface area contributed by atoms with Crippen LogP contribution in [0.2, 0.25) is 0 Å². The number of hydrogen-bond acceptors (Lipinski definition) is 3. The Morgan fingerprint density at radius 2 is 1.28 bits per heavy atom. The third-order valence-electron chi connectivity index (χ3n) is 8.04. The van der Waals surface area contributed by atoms with Crippen LogP contribution in [0.25, 0.3) is 59.8 Å². The second-order valence-corrected chi connectivity index (χ2v) is 12.8. The molecule has 0 spiro atoms. The van der Waals surface area contributed by atoms with E-state index in [1.807, 2.05) is 35.6 Å². The minimum absolute atomic E-state index is 0.594. The van der Waals surface area contributed by atoms with Crippen molar-refractivity contribution >= 4 is 31.5 Å². The number of rotatable bonds is 8. The van der Waals surface area contributed by atoms with Gasteiger partial charge in [-0.1, -0.05) is 106 Å². The van der Waals surface area contributed by atoms with E-state index in [9.17, 15) is 0 Å². The Bertz CT molecular complexity index is 2020. The van der Waals surface area contributed by atoms with Crippen LogP contribution in [0, 0.1) is 5.92 Å². The molecule has 0 atom stereocenters. The van der Waals surface area contributed by atoms with Crippen LogP contribution in [-0.2, 0) is 12.8 Å². The highest BCUT2D eigenvalue weighted by atomic mass is 32.1. The highest BCUT2D eigenvalue weighted by molar-refractivity contribution is 7.26. The van der Waals surface area contributed by atoms with Crippen molar-refractivity contribution in [2.24, 2.45) is 5.92 Å². The molecule has 0 radical (unpaired) electrons. The summed E-state index contributed by atoms with van der Waals surface area (Å²) in [6, 6.07) is 41.5. The number of fused-ring (bicyclic) bond motifs is 3. The van der Waals surface area contributed by atoms with E-state index in [4.69, 9.17) is 5.10 Å². The van der Waals surface area contributed by atoms with Crippen LogP contribution in [0.5, 0.6) is 0 Å². The second kappa shape index (κ2) is 11.6. The lowest BCUT2D eigenvalue weighted by molar-refractivity contribution is 0.648. The molecule has 0 bridgehead atoms. The lowest BCUT2D eigenvalue weighted by atomic mass is 9.94. The van der Waals surface area contributed by atoms with Gasteiger partial charge < -0.3 is 0 Å². The van der Waals surface area contributed by atoms with Crippen LogP contribution in [0.15, 0.2) is 115 Å². The first-order chi connectivity index (χ1) is 21.1. The molecule has 43 heavy (non-hydrogen) atoms. The Labute approximate surface area is 257 Å². The molecule has 0 aliphatic carbocycles. The van der Waals surface area contributed by atoms with Gasteiger partial charge in [-0.05, 0) is 77.4 Å². The molecule has 3 nitrogen and oxygen atoms in total. The second-order valence-electron chi connectivity index (χ2n) is 11.8. The molecule has 0 aliphatic rings.